The quantitative estimate of drug-likeness (QED) is 0.343. The number of nitrogens with one attached hydrogen (secondary N) is 2. The summed E-state index contributed by atoms with van der Waals surface area (Å²) >= 11 is 0. The lowest BCUT2D eigenvalue weighted by Gasteiger charge is -2.09. The largest absolute Gasteiger partial charge is 0.504 e. The lowest BCUT2D eigenvalue weighted by molar-refractivity contribution is 0.314. The number of nitrogens with zero attached hydrogens (tertiary/aromatic N) is 5. The van der Waals surface area contributed by atoms with Crippen molar-refractivity contribution in [2.24, 2.45) is 5.10 Å². The monoisotopic (exact) mass is 377 g/mol. The lowest BCUT2D eigenvalue weighted by atomic mass is 10.2. The smallest absolute Gasteiger partial charge is 0.245 e. The first-order chi connectivity index (χ1) is 13.7. The second-order valence-electron chi connectivity index (χ2n) is 5.59. The van der Waals surface area contributed by atoms with Gasteiger partial charge in [-0.25, -0.2) is 9.61 Å². The van der Waals surface area contributed by atoms with Crippen molar-refractivity contribution in [2.45, 2.75) is 0 Å². The zero-order chi connectivity index (χ0) is 19.3. The first-order valence-electron chi connectivity index (χ1n) is 8.22. The number of rotatable bonds is 6. The molecule has 0 saturated carbocycles. The van der Waals surface area contributed by atoms with E-state index in [1.165, 1.54) is 13.3 Å². The molecule has 0 aliphatic rings. The second-order valence-corrected chi connectivity index (χ2v) is 5.59. The van der Waals surface area contributed by atoms with Crippen molar-refractivity contribution in [3.8, 4) is 11.5 Å². The number of phenols is 1. The van der Waals surface area contributed by atoms with Gasteiger partial charge in [-0.2, -0.15) is 10.1 Å². The minimum atomic E-state index is -0.0135. The maximum atomic E-state index is 10.1. The molecule has 2 aromatic heterocycles. The van der Waals surface area contributed by atoms with Crippen molar-refractivity contribution in [1.82, 2.24) is 20.3 Å². The number of aromatic nitrogens is 4. The van der Waals surface area contributed by atoms with Gasteiger partial charge in [-0.05, 0) is 34.6 Å². The van der Waals surface area contributed by atoms with Gasteiger partial charge in [0.25, 0.3) is 0 Å². The number of anilines is 3. The van der Waals surface area contributed by atoms with E-state index < -0.39 is 0 Å². The number of methoxy groups -OCH3 is 1. The molecule has 0 radical (unpaired) electrons. The first-order valence-corrected chi connectivity index (χ1v) is 8.22. The standard InChI is InChI=1S/C18H15N7O3/c1-27-13-9-5-6-11(14(13)26)10-19-23-16-15(20-12-7-3-2-4-8-12)21-17-18(22-16)25-28-24-17/h2-10,26H,1H3,(H,20,21,24)(H,22,23,25). The fourth-order valence-electron chi connectivity index (χ4n) is 2.43. The van der Waals surface area contributed by atoms with Crippen molar-refractivity contribution >= 4 is 34.8 Å². The van der Waals surface area contributed by atoms with Crippen LogP contribution in [0.2, 0.25) is 0 Å². The Morgan fingerprint density at radius 2 is 1.75 bits per heavy atom. The van der Waals surface area contributed by atoms with Gasteiger partial charge in [0.15, 0.2) is 23.1 Å². The van der Waals surface area contributed by atoms with Crippen LogP contribution in [0.4, 0.5) is 17.3 Å². The third-order valence-electron chi connectivity index (χ3n) is 3.78. The van der Waals surface area contributed by atoms with Gasteiger partial charge in [0, 0.05) is 11.3 Å². The van der Waals surface area contributed by atoms with Gasteiger partial charge < -0.3 is 15.2 Å². The van der Waals surface area contributed by atoms with Crippen LogP contribution in [0.1, 0.15) is 5.56 Å². The molecular weight excluding hydrogens is 362 g/mol. The molecule has 0 aliphatic carbocycles. The summed E-state index contributed by atoms with van der Waals surface area (Å²) in [5, 5.41) is 24.8. The van der Waals surface area contributed by atoms with E-state index in [1.807, 2.05) is 30.3 Å². The molecule has 10 nitrogen and oxygen atoms in total. The first kappa shape index (κ1) is 17.2. The van der Waals surface area contributed by atoms with Crippen molar-refractivity contribution in [3.63, 3.8) is 0 Å². The average molecular weight is 377 g/mol. The third-order valence-corrected chi connectivity index (χ3v) is 3.78. The number of para-hydroxylation sites is 2. The van der Waals surface area contributed by atoms with Crippen LogP contribution in [0.3, 0.4) is 0 Å². The fourth-order valence-corrected chi connectivity index (χ4v) is 2.43. The Bertz CT molecular complexity index is 1130. The topological polar surface area (TPSA) is 131 Å². The van der Waals surface area contributed by atoms with E-state index in [-0.39, 0.29) is 17.0 Å². The third kappa shape index (κ3) is 3.51. The number of hydrogen-bond acceptors (Lipinski definition) is 10. The minimum absolute atomic E-state index is 0.0135. The molecule has 0 saturated heterocycles. The summed E-state index contributed by atoms with van der Waals surface area (Å²) in [6.45, 7) is 0. The van der Waals surface area contributed by atoms with Crippen LogP contribution < -0.4 is 15.5 Å². The highest BCUT2D eigenvalue weighted by molar-refractivity contribution is 5.85. The number of aromatic hydroxyl groups is 1. The van der Waals surface area contributed by atoms with Crippen molar-refractivity contribution in [3.05, 3.63) is 54.1 Å². The number of fused-ring (bicyclic) bond motifs is 1. The summed E-state index contributed by atoms with van der Waals surface area (Å²) in [5.41, 5.74) is 4.58. The van der Waals surface area contributed by atoms with Crippen LogP contribution >= 0.6 is 0 Å². The van der Waals surface area contributed by atoms with Crippen LogP contribution in [0.25, 0.3) is 11.3 Å². The van der Waals surface area contributed by atoms with E-state index >= 15 is 0 Å². The molecule has 4 aromatic rings. The van der Waals surface area contributed by atoms with Crippen molar-refractivity contribution < 1.29 is 14.5 Å². The molecular formula is C18H15N7O3. The Kier molecular flexibility index (Phi) is 4.66. The Balaban J connectivity index is 1.63. The highest BCUT2D eigenvalue weighted by Gasteiger charge is 2.13. The zero-order valence-corrected chi connectivity index (χ0v) is 14.7. The van der Waals surface area contributed by atoms with Gasteiger partial charge in [0.1, 0.15) is 0 Å². The summed E-state index contributed by atoms with van der Waals surface area (Å²) < 4.78 is 9.76. The van der Waals surface area contributed by atoms with Gasteiger partial charge in [-0.3, -0.25) is 5.43 Å². The van der Waals surface area contributed by atoms with E-state index in [0.29, 0.717) is 22.9 Å². The zero-order valence-electron chi connectivity index (χ0n) is 14.7. The fraction of sp³-hybridized carbons (Fsp3) is 0.0556. The number of hydrazone groups is 1. The Hall–Kier alpha value is -4.21. The van der Waals surface area contributed by atoms with Crippen molar-refractivity contribution in [2.75, 3.05) is 17.9 Å². The molecule has 3 N–H and O–H groups in total. The summed E-state index contributed by atoms with van der Waals surface area (Å²) in [6, 6.07) is 14.6. The van der Waals surface area contributed by atoms with Crippen LogP contribution in [-0.2, 0) is 0 Å². The summed E-state index contributed by atoms with van der Waals surface area (Å²) in [7, 11) is 1.48. The molecule has 0 fully saturated rings. The van der Waals surface area contributed by atoms with Crippen molar-refractivity contribution in [1.29, 1.82) is 0 Å². The predicted molar refractivity (Wildman–Crippen MR) is 103 cm³/mol. The van der Waals surface area contributed by atoms with Gasteiger partial charge in [-0.15, -0.1) is 0 Å². The van der Waals surface area contributed by atoms with Crippen LogP contribution in [0, 0.1) is 0 Å². The maximum absolute atomic E-state index is 10.1. The molecule has 28 heavy (non-hydrogen) atoms. The lowest BCUT2D eigenvalue weighted by Crippen LogP contribution is -2.03. The van der Waals surface area contributed by atoms with Gasteiger partial charge >= 0.3 is 0 Å². The van der Waals surface area contributed by atoms with E-state index in [0.717, 1.165) is 5.69 Å². The molecule has 2 heterocycles. The molecule has 0 amide bonds. The van der Waals surface area contributed by atoms with E-state index in [9.17, 15) is 5.11 Å². The Morgan fingerprint density at radius 1 is 1.00 bits per heavy atom. The molecule has 10 heteroatoms. The minimum Gasteiger partial charge on any atom is -0.504 e. The van der Waals surface area contributed by atoms with Gasteiger partial charge in [0.05, 0.1) is 13.3 Å². The molecule has 0 unspecified atom stereocenters. The molecule has 0 bridgehead atoms. The molecule has 2 aromatic carbocycles. The highest BCUT2D eigenvalue weighted by atomic mass is 16.6. The number of phenolic OH excluding ortho intramolecular Hbond substituents is 1. The number of benzene rings is 2. The predicted octanol–water partition coefficient (Wildman–Crippen LogP) is 2.92. The number of ether oxygens (including phenoxy) is 1. The van der Waals surface area contributed by atoms with E-state index in [2.05, 4.69) is 40.8 Å². The highest BCUT2D eigenvalue weighted by Crippen LogP contribution is 2.28. The normalized spacial score (nSPS) is 11.0. The Morgan fingerprint density at radius 3 is 2.50 bits per heavy atom. The van der Waals surface area contributed by atoms with E-state index in [1.54, 1.807) is 18.2 Å². The van der Waals surface area contributed by atoms with Crippen LogP contribution in [-0.4, -0.2) is 38.7 Å². The van der Waals surface area contributed by atoms with Gasteiger partial charge in [-0.1, -0.05) is 24.3 Å². The van der Waals surface area contributed by atoms with Gasteiger partial charge in [0.2, 0.25) is 11.3 Å². The summed E-state index contributed by atoms with van der Waals surface area (Å²) in [4.78, 5) is 8.67. The van der Waals surface area contributed by atoms with E-state index in [4.69, 9.17) is 4.74 Å². The molecule has 0 aliphatic heterocycles. The summed E-state index contributed by atoms with van der Waals surface area (Å²) in [5.74, 6) is 1.04. The Labute approximate surface area is 158 Å². The second kappa shape index (κ2) is 7.58. The molecule has 0 atom stereocenters. The van der Waals surface area contributed by atoms with Crippen LogP contribution in [0.5, 0.6) is 11.5 Å². The SMILES string of the molecule is COc1cccc(C=NNc2nc3nonc3nc2Nc2ccccc2)c1O. The van der Waals surface area contributed by atoms with Crippen LogP contribution in [0.15, 0.2) is 58.3 Å². The maximum Gasteiger partial charge on any atom is 0.245 e. The molecule has 4 rings (SSSR count). The molecule has 140 valence electrons. The number of hydrogen-bond donors (Lipinski definition) is 3. The summed E-state index contributed by atoms with van der Waals surface area (Å²) in [6.07, 6.45) is 1.44. The average Bonchev–Trinajstić information content (AvgIpc) is 3.17. The molecule has 0 spiro atoms.